The van der Waals surface area contributed by atoms with E-state index < -0.39 is 0 Å². The lowest BCUT2D eigenvalue weighted by Gasteiger charge is -2.09. The van der Waals surface area contributed by atoms with E-state index in [2.05, 4.69) is 61.7 Å². The van der Waals surface area contributed by atoms with Crippen LogP contribution in [0.15, 0.2) is 41.1 Å². The van der Waals surface area contributed by atoms with Crippen molar-refractivity contribution in [1.29, 1.82) is 0 Å². The SMILES string of the molecule is CC(C)c1c(-c2ccnc3[nH]ncc23)[nH]c2ccc(-c3nnc(CNC4CC4)o3)cc12. The Balaban J connectivity index is 1.44. The van der Waals surface area contributed by atoms with Crippen molar-refractivity contribution in [3.05, 3.63) is 48.1 Å². The highest BCUT2D eigenvalue weighted by Gasteiger charge is 2.22. The molecule has 3 N–H and O–H groups in total. The lowest BCUT2D eigenvalue weighted by atomic mass is 9.95. The van der Waals surface area contributed by atoms with Gasteiger partial charge in [0.15, 0.2) is 5.65 Å². The Hall–Kier alpha value is -3.52. The minimum atomic E-state index is 0.315. The molecule has 1 aromatic carbocycles. The molecule has 1 saturated carbocycles. The number of aromatic nitrogens is 6. The van der Waals surface area contributed by atoms with Gasteiger partial charge in [-0.2, -0.15) is 5.10 Å². The van der Waals surface area contributed by atoms with Gasteiger partial charge >= 0.3 is 0 Å². The number of benzene rings is 1. The highest BCUT2D eigenvalue weighted by Crippen LogP contribution is 2.39. The highest BCUT2D eigenvalue weighted by molar-refractivity contribution is 5.99. The molecule has 0 spiro atoms. The molecule has 0 aliphatic heterocycles. The van der Waals surface area contributed by atoms with Gasteiger partial charge in [-0.1, -0.05) is 13.8 Å². The molecule has 1 aliphatic rings. The molecule has 4 aromatic heterocycles. The van der Waals surface area contributed by atoms with E-state index in [9.17, 15) is 0 Å². The maximum absolute atomic E-state index is 5.92. The van der Waals surface area contributed by atoms with Gasteiger partial charge in [-0.15, -0.1) is 10.2 Å². The van der Waals surface area contributed by atoms with Gasteiger partial charge in [-0.25, -0.2) is 4.98 Å². The number of aromatic amines is 2. The molecule has 0 atom stereocenters. The first-order chi connectivity index (χ1) is 15.2. The van der Waals surface area contributed by atoms with Crippen LogP contribution in [0, 0.1) is 0 Å². The Morgan fingerprint density at radius 2 is 2.06 bits per heavy atom. The molecule has 8 heteroatoms. The predicted octanol–water partition coefficient (Wildman–Crippen LogP) is 4.53. The van der Waals surface area contributed by atoms with Gasteiger partial charge in [0, 0.05) is 39.7 Å². The fraction of sp³-hybridized carbons (Fsp3) is 0.304. The largest absolute Gasteiger partial charge is 0.419 e. The molecule has 0 saturated heterocycles. The van der Waals surface area contributed by atoms with Crippen LogP contribution in [0.3, 0.4) is 0 Å². The van der Waals surface area contributed by atoms with Crippen LogP contribution >= 0.6 is 0 Å². The summed E-state index contributed by atoms with van der Waals surface area (Å²) in [6.07, 6.45) is 6.10. The average molecular weight is 413 g/mol. The van der Waals surface area contributed by atoms with E-state index in [1.807, 2.05) is 24.5 Å². The van der Waals surface area contributed by atoms with Crippen molar-refractivity contribution in [1.82, 2.24) is 35.7 Å². The van der Waals surface area contributed by atoms with Gasteiger partial charge < -0.3 is 14.7 Å². The predicted molar refractivity (Wildman–Crippen MR) is 118 cm³/mol. The maximum Gasteiger partial charge on any atom is 0.247 e. The monoisotopic (exact) mass is 413 g/mol. The summed E-state index contributed by atoms with van der Waals surface area (Å²) in [5.74, 6) is 1.49. The van der Waals surface area contributed by atoms with E-state index in [0.717, 1.165) is 38.8 Å². The summed E-state index contributed by atoms with van der Waals surface area (Å²) in [5.41, 5.74) is 6.21. The molecule has 0 amide bonds. The van der Waals surface area contributed by atoms with Crippen LogP contribution in [0.5, 0.6) is 0 Å². The Kier molecular flexibility index (Phi) is 4.14. The molecule has 0 radical (unpaired) electrons. The van der Waals surface area contributed by atoms with Gasteiger partial charge in [0.2, 0.25) is 11.8 Å². The van der Waals surface area contributed by atoms with Gasteiger partial charge in [0.25, 0.3) is 0 Å². The normalized spacial score (nSPS) is 14.3. The van der Waals surface area contributed by atoms with Gasteiger partial charge in [0.1, 0.15) is 0 Å². The minimum absolute atomic E-state index is 0.315. The first-order valence-corrected chi connectivity index (χ1v) is 10.7. The van der Waals surface area contributed by atoms with Crippen LogP contribution in [0.25, 0.3) is 44.6 Å². The number of pyridine rings is 1. The van der Waals surface area contributed by atoms with Crippen LogP contribution in [0.1, 0.15) is 44.1 Å². The number of rotatable bonds is 6. The molecular weight excluding hydrogens is 390 g/mol. The molecule has 5 aromatic rings. The number of hydrogen-bond donors (Lipinski definition) is 3. The summed E-state index contributed by atoms with van der Waals surface area (Å²) >= 11 is 0. The lowest BCUT2D eigenvalue weighted by Crippen LogP contribution is -2.15. The van der Waals surface area contributed by atoms with Crippen LogP contribution in [0.2, 0.25) is 0 Å². The topological polar surface area (TPSA) is 108 Å². The molecule has 1 fully saturated rings. The second-order valence-electron chi connectivity index (χ2n) is 8.48. The Bertz CT molecular complexity index is 1390. The van der Waals surface area contributed by atoms with E-state index in [1.165, 1.54) is 18.4 Å². The van der Waals surface area contributed by atoms with Crippen molar-refractivity contribution in [2.45, 2.75) is 45.2 Å². The molecule has 0 bridgehead atoms. The number of fused-ring (bicyclic) bond motifs is 2. The van der Waals surface area contributed by atoms with Crippen LogP contribution in [-0.4, -0.2) is 36.4 Å². The smallest absolute Gasteiger partial charge is 0.247 e. The molecule has 0 unspecified atom stereocenters. The Morgan fingerprint density at radius 3 is 2.90 bits per heavy atom. The van der Waals surface area contributed by atoms with Gasteiger partial charge in [0.05, 0.1) is 18.4 Å². The third-order valence-electron chi connectivity index (χ3n) is 5.87. The average Bonchev–Trinajstić information content (AvgIpc) is 3.18. The summed E-state index contributed by atoms with van der Waals surface area (Å²) in [4.78, 5) is 8.00. The van der Waals surface area contributed by atoms with E-state index in [1.54, 1.807) is 0 Å². The number of nitrogens with one attached hydrogen (secondary N) is 3. The van der Waals surface area contributed by atoms with Crippen molar-refractivity contribution >= 4 is 21.9 Å². The quantitative estimate of drug-likeness (QED) is 0.377. The minimum Gasteiger partial charge on any atom is -0.419 e. The van der Waals surface area contributed by atoms with Crippen LogP contribution in [-0.2, 0) is 6.54 Å². The van der Waals surface area contributed by atoms with E-state index in [-0.39, 0.29) is 0 Å². The molecule has 156 valence electrons. The Labute approximate surface area is 178 Å². The molecule has 1 aliphatic carbocycles. The number of H-pyrrole nitrogens is 2. The standard InChI is InChI=1S/C23H23N7O/c1-12(2)20-16-9-13(23-30-28-19(31-23)11-25-14-4-5-14)3-6-18(16)27-21(20)15-7-8-24-22-17(15)10-26-29-22/h3,6-10,12,14,25,27H,4-5,11H2,1-2H3,(H,24,26,29). The summed E-state index contributed by atoms with van der Waals surface area (Å²) in [6.45, 7) is 5.04. The summed E-state index contributed by atoms with van der Waals surface area (Å²) < 4.78 is 5.92. The molecule has 8 nitrogen and oxygen atoms in total. The van der Waals surface area contributed by atoms with Crippen molar-refractivity contribution in [3.8, 4) is 22.7 Å². The van der Waals surface area contributed by atoms with Crippen molar-refractivity contribution < 1.29 is 4.42 Å². The summed E-state index contributed by atoms with van der Waals surface area (Å²) in [5, 5.41) is 21.2. The molecule has 31 heavy (non-hydrogen) atoms. The van der Waals surface area contributed by atoms with Crippen molar-refractivity contribution in [2.24, 2.45) is 0 Å². The third-order valence-corrected chi connectivity index (χ3v) is 5.87. The maximum atomic E-state index is 5.92. The fourth-order valence-corrected chi connectivity index (χ4v) is 4.19. The zero-order valence-corrected chi connectivity index (χ0v) is 17.4. The Morgan fingerprint density at radius 1 is 1.16 bits per heavy atom. The second-order valence-corrected chi connectivity index (χ2v) is 8.48. The molecular formula is C23H23N7O. The molecule has 4 heterocycles. The second kappa shape index (κ2) is 7.02. The molecule has 6 rings (SSSR count). The zero-order chi connectivity index (χ0) is 20.9. The lowest BCUT2D eigenvalue weighted by molar-refractivity contribution is 0.476. The zero-order valence-electron chi connectivity index (χ0n) is 17.4. The third kappa shape index (κ3) is 3.19. The van der Waals surface area contributed by atoms with Crippen LogP contribution in [0.4, 0.5) is 0 Å². The van der Waals surface area contributed by atoms with E-state index >= 15 is 0 Å². The van der Waals surface area contributed by atoms with Crippen LogP contribution < -0.4 is 5.32 Å². The van der Waals surface area contributed by atoms with Gasteiger partial charge in [-0.05, 0) is 48.6 Å². The van der Waals surface area contributed by atoms with E-state index in [0.29, 0.717) is 30.3 Å². The van der Waals surface area contributed by atoms with Crippen molar-refractivity contribution in [2.75, 3.05) is 0 Å². The number of hydrogen-bond acceptors (Lipinski definition) is 6. The first kappa shape index (κ1) is 18.3. The van der Waals surface area contributed by atoms with Crippen molar-refractivity contribution in [3.63, 3.8) is 0 Å². The van der Waals surface area contributed by atoms with Gasteiger partial charge in [-0.3, -0.25) is 5.10 Å². The summed E-state index contributed by atoms with van der Waals surface area (Å²) in [7, 11) is 0. The highest BCUT2D eigenvalue weighted by atomic mass is 16.4. The summed E-state index contributed by atoms with van der Waals surface area (Å²) in [6, 6.07) is 8.89. The number of nitrogens with zero attached hydrogens (tertiary/aromatic N) is 4. The van der Waals surface area contributed by atoms with E-state index in [4.69, 9.17) is 4.42 Å². The first-order valence-electron chi connectivity index (χ1n) is 10.7. The fourth-order valence-electron chi connectivity index (χ4n) is 4.19.